The van der Waals surface area contributed by atoms with Gasteiger partial charge in [0, 0.05) is 28.0 Å². The lowest BCUT2D eigenvalue weighted by Crippen LogP contribution is -2.29. The lowest BCUT2D eigenvalue weighted by Gasteiger charge is -2.12. The van der Waals surface area contributed by atoms with Crippen molar-refractivity contribution in [1.82, 2.24) is 4.90 Å². The molecule has 3 heterocycles. The molecule has 6 nitrogen and oxygen atoms in total. The molecule has 1 aliphatic rings. The Morgan fingerprint density at radius 1 is 0.793 bits per heavy atom. The number of hydrogen-bond acceptors (Lipinski definition) is 5. The van der Waals surface area contributed by atoms with Crippen LogP contribution in [0.25, 0.3) is 21.9 Å². The van der Waals surface area contributed by atoms with E-state index in [4.69, 9.17) is 8.83 Å². The average molecular weight is 387 g/mol. The minimum atomic E-state index is -0.410. The van der Waals surface area contributed by atoms with Gasteiger partial charge in [0.15, 0.2) is 0 Å². The first-order chi connectivity index (χ1) is 13.9. The first-order valence-corrected chi connectivity index (χ1v) is 9.28. The molecular weight excluding hydrogens is 370 g/mol. The zero-order valence-electron chi connectivity index (χ0n) is 16.2. The van der Waals surface area contributed by atoms with Crippen LogP contribution in [0.3, 0.4) is 0 Å². The minimum absolute atomic E-state index is 0.0472. The molecule has 0 radical (unpaired) electrons. The van der Waals surface area contributed by atoms with Gasteiger partial charge in [-0.05, 0) is 44.5 Å². The molecule has 2 aromatic heterocycles. The predicted octanol–water partition coefficient (Wildman–Crippen LogP) is 4.26. The molecule has 2 amide bonds. The lowest BCUT2D eigenvalue weighted by molar-refractivity contribution is 0.0632. The molecule has 5 rings (SSSR count). The van der Waals surface area contributed by atoms with Crippen LogP contribution in [0.4, 0.5) is 0 Å². The quantitative estimate of drug-likeness (QED) is 0.379. The highest BCUT2D eigenvalue weighted by molar-refractivity contribution is 6.21. The summed E-state index contributed by atoms with van der Waals surface area (Å²) in [5.41, 5.74) is 3.88. The van der Waals surface area contributed by atoms with Crippen molar-refractivity contribution in [3.05, 3.63) is 80.4 Å². The van der Waals surface area contributed by atoms with Crippen LogP contribution in [0.2, 0.25) is 0 Å². The molecule has 0 aliphatic carbocycles. The summed E-state index contributed by atoms with van der Waals surface area (Å²) in [6.45, 7) is 5.64. The van der Waals surface area contributed by atoms with Gasteiger partial charge >= 0.3 is 5.63 Å². The van der Waals surface area contributed by atoms with Gasteiger partial charge < -0.3 is 8.83 Å². The molecule has 0 saturated carbocycles. The standard InChI is InChI=1S/C23H17NO5/c1-11-8-19(25)29-20-13(3)21-17(9-16(11)20)12(2)18(28-21)10-24-22(26)14-6-4-5-7-15(14)23(24)27/h4-9H,10H2,1-3H3. The van der Waals surface area contributed by atoms with Crippen LogP contribution >= 0.6 is 0 Å². The van der Waals surface area contributed by atoms with Gasteiger partial charge in [-0.1, -0.05) is 12.1 Å². The molecule has 0 atom stereocenters. The monoisotopic (exact) mass is 387 g/mol. The van der Waals surface area contributed by atoms with Crippen molar-refractivity contribution < 1.29 is 18.4 Å². The van der Waals surface area contributed by atoms with Crippen LogP contribution < -0.4 is 5.63 Å². The number of aryl methyl sites for hydroxylation is 3. The minimum Gasteiger partial charge on any atom is -0.458 e. The number of nitrogens with zero attached hydrogens (tertiary/aromatic N) is 1. The van der Waals surface area contributed by atoms with E-state index in [9.17, 15) is 14.4 Å². The molecule has 0 N–H and O–H groups in total. The van der Waals surface area contributed by atoms with Crippen molar-refractivity contribution in [2.24, 2.45) is 0 Å². The smallest absolute Gasteiger partial charge is 0.336 e. The normalized spacial score (nSPS) is 13.7. The first-order valence-electron chi connectivity index (χ1n) is 9.28. The van der Waals surface area contributed by atoms with E-state index >= 15 is 0 Å². The summed E-state index contributed by atoms with van der Waals surface area (Å²) in [5.74, 6) is -0.115. The third-order valence-electron chi connectivity index (χ3n) is 5.65. The topological polar surface area (TPSA) is 80.7 Å². The fraction of sp³-hybridized carbons (Fsp3) is 0.174. The number of hydrogen-bond donors (Lipinski definition) is 0. The highest BCUT2D eigenvalue weighted by Crippen LogP contribution is 2.35. The highest BCUT2D eigenvalue weighted by Gasteiger charge is 2.36. The van der Waals surface area contributed by atoms with E-state index < -0.39 is 5.63 Å². The van der Waals surface area contributed by atoms with Crippen LogP contribution in [0, 0.1) is 20.8 Å². The van der Waals surface area contributed by atoms with Crippen molar-refractivity contribution >= 4 is 33.8 Å². The van der Waals surface area contributed by atoms with Crippen molar-refractivity contribution in [3.63, 3.8) is 0 Å². The van der Waals surface area contributed by atoms with Crippen LogP contribution in [0.15, 0.2) is 50.0 Å². The maximum Gasteiger partial charge on any atom is 0.336 e. The first kappa shape index (κ1) is 17.4. The molecule has 0 unspecified atom stereocenters. The molecule has 29 heavy (non-hydrogen) atoms. The Bertz CT molecular complexity index is 1390. The summed E-state index contributed by atoms with van der Waals surface area (Å²) in [6, 6.07) is 10.2. The number of carbonyl (C=O) groups is 2. The van der Waals surface area contributed by atoms with Gasteiger partial charge in [-0.2, -0.15) is 0 Å². The van der Waals surface area contributed by atoms with Gasteiger partial charge in [0.1, 0.15) is 16.9 Å². The third-order valence-corrected chi connectivity index (χ3v) is 5.65. The van der Waals surface area contributed by atoms with E-state index in [0.29, 0.717) is 28.1 Å². The van der Waals surface area contributed by atoms with Gasteiger partial charge in [0.25, 0.3) is 11.8 Å². The molecule has 0 spiro atoms. The summed E-state index contributed by atoms with van der Waals surface area (Å²) in [5, 5.41) is 1.71. The number of carbonyl (C=O) groups excluding carboxylic acids is 2. The number of imide groups is 1. The fourth-order valence-electron chi connectivity index (χ4n) is 4.03. The molecule has 0 bridgehead atoms. The average Bonchev–Trinajstić information content (AvgIpc) is 3.14. The largest absolute Gasteiger partial charge is 0.458 e. The van der Waals surface area contributed by atoms with Gasteiger partial charge in [-0.3, -0.25) is 14.5 Å². The van der Waals surface area contributed by atoms with E-state index in [2.05, 4.69) is 0 Å². The van der Waals surface area contributed by atoms with Gasteiger partial charge in [0.05, 0.1) is 17.7 Å². The van der Waals surface area contributed by atoms with Crippen LogP contribution in [0.5, 0.6) is 0 Å². The second kappa shape index (κ2) is 5.91. The number of rotatable bonds is 2. The summed E-state index contributed by atoms with van der Waals surface area (Å²) >= 11 is 0. The zero-order chi connectivity index (χ0) is 20.4. The molecule has 0 saturated heterocycles. The Balaban J connectivity index is 1.65. The number of amides is 2. The molecular formula is C23H17NO5. The molecule has 0 fully saturated rings. The van der Waals surface area contributed by atoms with E-state index in [1.54, 1.807) is 24.3 Å². The van der Waals surface area contributed by atoms with Gasteiger partial charge in [-0.15, -0.1) is 0 Å². The highest BCUT2D eigenvalue weighted by atomic mass is 16.4. The predicted molar refractivity (Wildman–Crippen MR) is 107 cm³/mol. The lowest BCUT2D eigenvalue weighted by atomic mass is 10.0. The molecule has 2 aromatic carbocycles. The maximum atomic E-state index is 12.7. The number of fused-ring (bicyclic) bond motifs is 3. The Kier molecular flexibility index (Phi) is 3.55. The summed E-state index contributed by atoms with van der Waals surface area (Å²) in [7, 11) is 0. The SMILES string of the molecule is Cc1cc(=O)oc2c(C)c3oc(CN4C(=O)c5ccccc5C4=O)c(C)c3cc12. The molecule has 6 heteroatoms. The van der Waals surface area contributed by atoms with E-state index in [0.717, 1.165) is 27.5 Å². The Morgan fingerprint density at radius 3 is 2.07 bits per heavy atom. The summed E-state index contributed by atoms with van der Waals surface area (Å²) < 4.78 is 11.5. The Morgan fingerprint density at radius 2 is 1.41 bits per heavy atom. The second-order valence-electron chi connectivity index (χ2n) is 7.40. The Hall–Kier alpha value is -3.67. The number of furan rings is 1. The van der Waals surface area contributed by atoms with E-state index in [-0.39, 0.29) is 18.4 Å². The van der Waals surface area contributed by atoms with E-state index in [1.165, 1.54) is 11.0 Å². The van der Waals surface area contributed by atoms with Crippen LogP contribution in [-0.4, -0.2) is 16.7 Å². The van der Waals surface area contributed by atoms with Crippen molar-refractivity contribution in [1.29, 1.82) is 0 Å². The summed E-state index contributed by atoms with van der Waals surface area (Å²) in [4.78, 5) is 38.4. The van der Waals surface area contributed by atoms with Crippen molar-refractivity contribution in [3.8, 4) is 0 Å². The van der Waals surface area contributed by atoms with Crippen molar-refractivity contribution in [2.75, 3.05) is 0 Å². The van der Waals surface area contributed by atoms with Crippen LogP contribution in [0.1, 0.15) is 43.2 Å². The fourth-order valence-corrected chi connectivity index (χ4v) is 4.03. The molecule has 144 valence electrons. The second-order valence-corrected chi connectivity index (χ2v) is 7.40. The molecule has 1 aliphatic heterocycles. The summed E-state index contributed by atoms with van der Waals surface area (Å²) in [6.07, 6.45) is 0. The van der Waals surface area contributed by atoms with E-state index in [1.807, 2.05) is 26.8 Å². The molecule has 4 aromatic rings. The van der Waals surface area contributed by atoms with Crippen LogP contribution in [-0.2, 0) is 6.54 Å². The zero-order valence-corrected chi connectivity index (χ0v) is 16.2. The van der Waals surface area contributed by atoms with Gasteiger partial charge in [0.2, 0.25) is 0 Å². The van der Waals surface area contributed by atoms with Crippen molar-refractivity contribution in [2.45, 2.75) is 27.3 Å². The van der Waals surface area contributed by atoms with Gasteiger partial charge in [-0.25, -0.2) is 4.79 Å². The number of benzene rings is 2. The maximum absolute atomic E-state index is 12.7. The third kappa shape index (κ3) is 2.38. The Labute approximate surface area is 165 Å².